The van der Waals surface area contributed by atoms with Crippen molar-refractivity contribution in [1.29, 1.82) is 5.26 Å². The van der Waals surface area contributed by atoms with Gasteiger partial charge in [0.1, 0.15) is 17.4 Å². The summed E-state index contributed by atoms with van der Waals surface area (Å²) in [5, 5.41) is 17.0. The van der Waals surface area contributed by atoms with Gasteiger partial charge < -0.3 is 5.32 Å². The van der Waals surface area contributed by atoms with E-state index in [4.69, 9.17) is 28.5 Å². The van der Waals surface area contributed by atoms with Gasteiger partial charge in [-0.25, -0.2) is 4.68 Å². The summed E-state index contributed by atoms with van der Waals surface area (Å²) >= 11 is 11.9. The number of Topliss-reactive ketones (excluding diaryl/α,β-unsaturated/α-hetero) is 1. The molecule has 0 spiro atoms. The molecule has 0 aliphatic carbocycles. The SMILES string of the molecule is CC(=O)CNc1nn(-c2ccc(Cl)cc2Cl)cc1C#N. The summed E-state index contributed by atoms with van der Waals surface area (Å²) in [6.07, 6.45) is 1.54. The fourth-order valence-electron chi connectivity index (χ4n) is 1.58. The Balaban J connectivity index is 2.38. The number of nitriles is 1. The number of carbonyl (C=O) groups is 1. The van der Waals surface area contributed by atoms with Crippen LogP contribution >= 0.6 is 23.2 Å². The van der Waals surface area contributed by atoms with Gasteiger partial charge in [-0.05, 0) is 25.1 Å². The number of hydrogen-bond acceptors (Lipinski definition) is 4. The lowest BCUT2D eigenvalue weighted by Gasteiger charge is -2.04. The van der Waals surface area contributed by atoms with E-state index < -0.39 is 0 Å². The molecule has 2 rings (SSSR count). The maximum atomic E-state index is 11.0. The molecule has 0 atom stereocenters. The molecule has 1 heterocycles. The normalized spacial score (nSPS) is 10.1. The smallest absolute Gasteiger partial charge is 0.166 e. The van der Waals surface area contributed by atoms with E-state index in [1.807, 2.05) is 6.07 Å². The van der Waals surface area contributed by atoms with Crippen LogP contribution in [0.3, 0.4) is 0 Å². The molecule has 0 radical (unpaired) electrons. The average Bonchev–Trinajstić information content (AvgIpc) is 2.79. The van der Waals surface area contributed by atoms with Crippen LogP contribution in [0.1, 0.15) is 12.5 Å². The molecule has 2 aromatic rings. The molecule has 20 heavy (non-hydrogen) atoms. The van der Waals surface area contributed by atoms with Crippen molar-refractivity contribution in [3.63, 3.8) is 0 Å². The molecule has 0 amide bonds. The van der Waals surface area contributed by atoms with Gasteiger partial charge in [0.15, 0.2) is 5.82 Å². The van der Waals surface area contributed by atoms with Crippen LogP contribution in [0.5, 0.6) is 0 Å². The number of anilines is 1. The molecule has 102 valence electrons. The molecular formula is C13H10Cl2N4O. The average molecular weight is 309 g/mol. The van der Waals surface area contributed by atoms with E-state index >= 15 is 0 Å². The molecular weight excluding hydrogens is 299 g/mol. The Labute approximate surface area is 125 Å². The van der Waals surface area contributed by atoms with E-state index in [0.717, 1.165) is 0 Å². The number of nitrogens with zero attached hydrogens (tertiary/aromatic N) is 3. The minimum Gasteiger partial charge on any atom is -0.360 e. The number of halogens is 2. The zero-order valence-electron chi connectivity index (χ0n) is 10.5. The number of rotatable bonds is 4. The van der Waals surface area contributed by atoms with Crippen molar-refractivity contribution in [1.82, 2.24) is 9.78 Å². The van der Waals surface area contributed by atoms with Gasteiger partial charge in [0.05, 0.1) is 23.5 Å². The van der Waals surface area contributed by atoms with Crippen molar-refractivity contribution in [2.24, 2.45) is 0 Å². The Morgan fingerprint density at radius 3 is 2.85 bits per heavy atom. The van der Waals surface area contributed by atoms with E-state index in [-0.39, 0.29) is 12.3 Å². The van der Waals surface area contributed by atoms with E-state index in [9.17, 15) is 4.79 Å². The highest BCUT2D eigenvalue weighted by Crippen LogP contribution is 2.25. The van der Waals surface area contributed by atoms with Crippen molar-refractivity contribution in [2.45, 2.75) is 6.92 Å². The van der Waals surface area contributed by atoms with Crippen LogP contribution in [0.2, 0.25) is 10.0 Å². The fraction of sp³-hybridized carbons (Fsp3) is 0.154. The van der Waals surface area contributed by atoms with Gasteiger partial charge in [0.25, 0.3) is 0 Å². The van der Waals surface area contributed by atoms with Crippen LogP contribution in [0.15, 0.2) is 24.4 Å². The van der Waals surface area contributed by atoms with Gasteiger partial charge in [-0.2, -0.15) is 5.26 Å². The summed E-state index contributed by atoms with van der Waals surface area (Å²) in [7, 11) is 0. The molecule has 0 fully saturated rings. The summed E-state index contributed by atoms with van der Waals surface area (Å²) in [6, 6.07) is 6.99. The van der Waals surface area contributed by atoms with Gasteiger partial charge in [0, 0.05) is 5.02 Å². The van der Waals surface area contributed by atoms with Crippen LogP contribution in [0.25, 0.3) is 5.69 Å². The predicted octanol–water partition coefficient (Wildman–Crippen LogP) is 3.05. The Morgan fingerprint density at radius 2 is 2.25 bits per heavy atom. The largest absolute Gasteiger partial charge is 0.360 e. The molecule has 0 aliphatic heterocycles. The lowest BCUT2D eigenvalue weighted by molar-refractivity contribution is -0.115. The minimum absolute atomic E-state index is 0.0482. The fourth-order valence-corrected chi connectivity index (χ4v) is 2.08. The molecule has 1 aromatic heterocycles. The Bertz CT molecular complexity index is 703. The summed E-state index contributed by atoms with van der Waals surface area (Å²) < 4.78 is 1.47. The second-order valence-corrected chi connectivity index (χ2v) is 4.94. The quantitative estimate of drug-likeness (QED) is 0.942. The first-order valence-corrected chi connectivity index (χ1v) is 6.45. The third-order valence-corrected chi connectivity index (χ3v) is 3.03. The van der Waals surface area contributed by atoms with Crippen LogP contribution in [-0.2, 0) is 4.79 Å². The van der Waals surface area contributed by atoms with Crippen LogP contribution in [-0.4, -0.2) is 22.1 Å². The highest BCUT2D eigenvalue weighted by Gasteiger charge is 2.12. The maximum absolute atomic E-state index is 11.0. The summed E-state index contributed by atoms with van der Waals surface area (Å²) in [5.41, 5.74) is 0.931. The molecule has 0 saturated heterocycles. The van der Waals surface area contributed by atoms with E-state index in [2.05, 4.69) is 10.4 Å². The number of ketones is 1. The molecule has 5 nitrogen and oxygen atoms in total. The van der Waals surface area contributed by atoms with Gasteiger partial charge in [-0.1, -0.05) is 23.2 Å². The number of nitrogens with one attached hydrogen (secondary N) is 1. The van der Waals surface area contributed by atoms with Gasteiger partial charge >= 0.3 is 0 Å². The molecule has 0 saturated carbocycles. The number of benzene rings is 1. The molecule has 0 unspecified atom stereocenters. The first-order valence-electron chi connectivity index (χ1n) is 5.69. The van der Waals surface area contributed by atoms with E-state index in [1.165, 1.54) is 17.8 Å². The Morgan fingerprint density at radius 1 is 1.50 bits per heavy atom. The second-order valence-electron chi connectivity index (χ2n) is 4.10. The van der Waals surface area contributed by atoms with Gasteiger partial charge in [-0.3, -0.25) is 4.79 Å². The van der Waals surface area contributed by atoms with Gasteiger partial charge in [0.2, 0.25) is 0 Å². The summed E-state index contributed by atoms with van der Waals surface area (Å²) in [5.74, 6) is 0.293. The first kappa shape index (κ1) is 14.4. The monoisotopic (exact) mass is 308 g/mol. The van der Waals surface area contributed by atoms with E-state index in [0.29, 0.717) is 27.1 Å². The topological polar surface area (TPSA) is 70.7 Å². The van der Waals surface area contributed by atoms with Crippen LogP contribution in [0.4, 0.5) is 5.82 Å². The van der Waals surface area contributed by atoms with Crippen molar-refractivity contribution < 1.29 is 4.79 Å². The van der Waals surface area contributed by atoms with Crippen LogP contribution < -0.4 is 5.32 Å². The number of aromatic nitrogens is 2. The van der Waals surface area contributed by atoms with Crippen LogP contribution in [0, 0.1) is 11.3 Å². The third-order valence-electron chi connectivity index (χ3n) is 2.50. The zero-order chi connectivity index (χ0) is 14.7. The molecule has 0 aliphatic rings. The lowest BCUT2D eigenvalue weighted by atomic mass is 10.3. The summed E-state index contributed by atoms with van der Waals surface area (Å²) in [6.45, 7) is 1.56. The lowest BCUT2D eigenvalue weighted by Crippen LogP contribution is -2.11. The van der Waals surface area contributed by atoms with Crippen molar-refractivity contribution in [3.8, 4) is 11.8 Å². The standard InChI is InChI=1S/C13H10Cl2N4O/c1-8(20)6-17-13-9(5-16)7-19(18-13)12-3-2-10(14)4-11(12)15/h2-4,7H,6H2,1H3,(H,17,18). The highest BCUT2D eigenvalue weighted by molar-refractivity contribution is 6.35. The zero-order valence-corrected chi connectivity index (χ0v) is 12.0. The number of carbonyl (C=O) groups excluding carboxylic acids is 1. The summed E-state index contributed by atoms with van der Waals surface area (Å²) in [4.78, 5) is 11.0. The van der Waals surface area contributed by atoms with Crippen molar-refractivity contribution in [2.75, 3.05) is 11.9 Å². The van der Waals surface area contributed by atoms with Crippen molar-refractivity contribution >= 4 is 34.8 Å². The third kappa shape index (κ3) is 3.10. The maximum Gasteiger partial charge on any atom is 0.166 e. The first-order chi connectivity index (χ1) is 9.51. The molecule has 1 N–H and O–H groups in total. The molecule has 0 bridgehead atoms. The molecule has 7 heteroatoms. The van der Waals surface area contributed by atoms with Gasteiger partial charge in [-0.15, -0.1) is 5.10 Å². The van der Waals surface area contributed by atoms with E-state index in [1.54, 1.807) is 18.2 Å². The predicted molar refractivity (Wildman–Crippen MR) is 77.5 cm³/mol. The highest BCUT2D eigenvalue weighted by atomic mass is 35.5. The minimum atomic E-state index is -0.0482. The Kier molecular flexibility index (Phi) is 4.28. The second kappa shape index (κ2) is 5.95. The van der Waals surface area contributed by atoms with Crippen molar-refractivity contribution in [3.05, 3.63) is 40.0 Å². The number of hydrogen-bond donors (Lipinski definition) is 1. The Hall–Kier alpha value is -2.03. The molecule has 1 aromatic carbocycles.